The third-order valence-electron chi connectivity index (χ3n) is 5.31. The van der Waals surface area contributed by atoms with Crippen molar-refractivity contribution >= 4 is 111 Å². The average molecular weight is 656 g/mol. The van der Waals surface area contributed by atoms with Crippen LogP contribution in [0.1, 0.15) is 13.8 Å². The summed E-state index contributed by atoms with van der Waals surface area (Å²) < 4.78 is 5.74. The molecule has 3 amide bonds. The topological polar surface area (TPSA) is 105 Å². The zero-order chi connectivity index (χ0) is 27.8. The number of fused-ring (bicyclic) bond motifs is 1. The van der Waals surface area contributed by atoms with Crippen LogP contribution in [0.4, 0.5) is 10.5 Å². The third-order valence-corrected chi connectivity index (χ3v) is 7.53. The van der Waals surface area contributed by atoms with Crippen LogP contribution in [0.15, 0.2) is 30.3 Å². The van der Waals surface area contributed by atoms with Gasteiger partial charge < -0.3 is 19.7 Å². The lowest BCUT2D eigenvalue weighted by atomic mass is 9.96. The lowest BCUT2D eigenvalue weighted by Crippen LogP contribution is -2.71. The monoisotopic (exact) mass is 653 g/mol. The molecule has 0 aromatic heterocycles. The number of alkyl halides is 6. The van der Waals surface area contributed by atoms with Gasteiger partial charge in [0.1, 0.15) is 37.2 Å². The molecule has 2 unspecified atom stereocenters. The number of amides is 3. The van der Waals surface area contributed by atoms with Gasteiger partial charge in [0, 0.05) is 10.4 Å². The summed E-state index contributed by atoms with van der Waals surface area (Å²) in [5, 5.41) is 2.08. The Hall–Kier alpha value is -1.01. The molecule has 0 radical (unpaired) electrons. The van der Waals surface area contributed by atoms with E-state index in [9.17, 15) is 19.2 Å². The number of thioether (sulfide) groups is 1. The van der Waals surface area contributed by atoms with Crippen LogP contribution in [0, 0.1) is 0 Å². The highest BCUT2D eigenvalue weighted by Gasteiger charge is 2.64. The lowest BCUT2D eigenvalue weighted by Gasteiger charge is -2.44. The first kappa shape index (κ1) is 30.5. The number of nitrogens with zero attached hydrogens (tertiary/aromatic N) is 2. The summed E-state index contributed by atoms with van der Waals surface area (Å²) in [6.07, 6.45) is -0.928. The van der Waals surface area contributed by atoms with E-state index in [1.54, 1.807) is 44.2 Å². The number of para-hydroxylation sites is 1. The molecule has 0 saturated carbocycles. The SMILES string of the molecule is CC1(C)S[C@H]2C(NC(=O)CN(C(=O)OCC(Cl)(Cl)Cl)c3ccccc3)C(=O)N2C1C(=O)OCC(Cl)(Cl)Cl. The maximum Gasteiger partial charge on any atom is 0.414 e. The molecule has 204 valence electrons. The fourth-order valence-electron chi connectivity index (χ4n) is 3.81. The quantitative estimate of drug-likeness (QED) is 0.263. The summed E-state index contributed by atoms with van der Waals surface area (Å²) in [6, 6.07) is 6.34. The Morgan fingerprint density at radius 2 is 1.59 bits per heavy atom. The first-order valence-electron chi connectivity index (χ1n) is 10.6. The van der Waals surface area contributed by atoms with Gasteiger partial charge in [-0.1, -0.05) is 87.8 Å². The van der Waals surface area contributed by atoms with E-state index in [1.165, 1.54) is 16.7 Å². The lowest BCUT2D eigenvalue weighted by molar-refractivity contribution is -0.164. The molecule has 2 heterocycles. The number of halogens is 6. The van der Waals surface area contributed by atoms with Crippen molar-refractivity contribution in [2.45, 2.75) is 43.6 Å². The summed E-state index contributed by atoms with van der Waals surface area (Å²) in [5.41, 5.74) is 0.349. The van der Waals surface area contributed by atoms with Crippen LogP contribution < -0.4 is 10.2 Å². The van der Waals surface area contributed by atoms with Gasteiger partial charge in [-0.2, -0.15) is 0 Å². The van der Waals surface area contributed by atoms with Gasteiger partial charge in [-0.25, -0.2) is 9.59 Å². The number of esters is 1. The number of carbonyl (C=O) groups is 4. The van der Waals surface area contributed by atoms with Crippen molar-refractivity contribution in [3.63, 3.8) is 0 Å². The summed E-state index contributed by atoms with van der Waals surface area (Å²) >= 11 is 35.2. The van der Waals surface area contributed by atoms with Gasteiger partial charge in [0.05, 0.1) is 0 Å². The molecule has 0 aliphatic carbocycles. The Balaban J connectivity index is 1.67. The van der Waals surface area contributed by atoms with Crippen molar-refractivity contribution in [1.29, 1.82) is 0 Å². The minimum atomic E-state index is -1.84. The Morgan fingerprint density at radius 3 is 2.16 bits per heavy atom. The van der Waals surface area contributed by atoms with Crippen LogP contribution in [0.2, 0.25) is 0 Å². The molecule has 1 N–H and O–H groups in total. The Bertz CT molecular complexity index is 1050. The third kappa shape index (κ3) is 7.77. The van der Waals surface area contributed by atoms with Crippen LogP contribution >= 0.6 is 81.4 Å². The second-order valence-corrected chi connectivity index (χ2v) is 15.4. The summed E-state index contributed by atoms with van der Waals surface area (Å²) in [4.78, 5) is 53.6. The maximum absolute atomic E-state index is 12.9. The molecule has 2 fully saturated rings. The number of ether oxygens (including phenoxy) is 2. The second kappa shape index (κ2) is 11.6. The first-order chi connectivity index (χ1) is 17.0. The predicted octanol–water partition coefficient (Wildman–Crippen LogP) is 4.46. The number of hydrogen-bond acceptors (Lipinski definition) is 7. The van der Waals surface area contributed by atoms with Crippen molar-refractivity contribution in [1.82, 2.24) is 10.2 Å². The fraction of sp³-hybridized carbons (Fsp3) is 0.524. The van der Waals surface area contributed by atoms with E-state index >= 15 is 0 Å². The van der Waals surface area contributed by atoms with Gasteiger partial charge in [-0.15, -0.1) is 11.8 Å². The molecule has 0 spiro atoms. The minimum absolute atomic E-state index is 0.349. The number of nitrogens with one attached hydrogen (secondary N) is 1. The Kier molecular flexibility index (Phi) is 9.59. The van der Waals surface area contributed by atoms with E-state index in [1.807, 2.05) is 0 Å². The van der Waals surface area contributed by atoms with E-state index in [2.05, 4.69) is 5.32 Å². The number of β-lactam (4-membered cyclic amide) rings is 1. The highest BCUT2D eigenvalue weighted by atomic mass is 35.6. The molecule has 1 aromatic rings. The summed E-state index contributed by atoms with van der Waals surface area (Å²) in [6.45, 7) is 2.02. The normalized spacial score (nSPS) is 22.5. The molecular weight excluding hydrogens is 635 g/mol. The average Bonchev–Trinajstić information content (AvgIpc) is 3.05. The smallest absolute Gasteiger partial charge is 0.414 e. The highest BCUT2D eigenvalue weighted by Crippen LogP contribution is 2.51. The van der Waals surface area contributed by atoms with E-state index in [4.69, 9.17) is 79.1 Å². The maximum atomic E-state index is 12.9. The number of anilines is 1. The molecule has 3 rings (SSSR count). The van der Waals surface area contributed by atoms with E-state index in [-0.39, 0.29) is 0 Å². The van der Waals surface area contributed by atoms with Crippen LogP contribution in [0.3, 0.4) is 0 Å². The second-order valence-electron chi connectivity index (χ2n) is 8.62. The van der Waals surface area contributed by atoms with Crippen LogP contribution in [0.5, 0.6) is 0 Å². The van der Waals surface area contributed by atoms with Gasteiger partial charge in [-0.3, -0.25) is 14.5 Å². The van der Waals surface area contributed by atoms with Gasteiger partial charge in [0.25, 0.3) is 0 Å². The Labute approximate surface area is 247 Å². The Morgan fingerprint density at radius 1 is 1.03 bits per heavy atom. The van der Waals surface area contributed by atoms with E-state index in [0.717, 1.165) is 4.90 Å². The van der Waals surface area contributed by atoms with Crippen LogP contribution in [0.25, 0.3) is 0 Å². The van der Waals surface area contributed by atoms with Crippen molar-refractivity contribution in [3.05, 3.63) is 30.3 Å². The number of rotatable bonds is 7. The molecule has 2 saturated heterocycles. The zero-order valence-corrected chi connectivity index (χ0v) is 24.6. The fourth-order valence-corrected chi connectivity index (χ4v) is 5.76. The van der Waals surface area contributed by atoms with Gasteiger partial charge >= 0.3 is 12.1 Å². The van der Waals surface area contributed by atoms with Crippen LogP contribution in [-0.4, -0.2) is 78.3 Å². The largest absolute Gasteiger partial charge is 0.460 e. The zero-order valence-electron chi connectivity index (χ0n) is 19.3. The molecular formula is C21H21Cl6N3O6S. The van der Waals surface area contributed by atoms with Gasteiger partial charge in [-0.05, 0) is 26.0 Å². The minimum Gasteiger partial charge on any atom is -0.460 e. The van der Waals surface area contributed by atoms with Gasteiger partial charge in [0.15, 0.2) is 0 Å². The first-order valence-corrected chi connectivity index (χ1v) is 13.7. The molecule has 3 atom stereocenters. The predicted molar refractivity (Wildman–Crippen MR) is 145 cm³/mol. The van der Waals surface area contributed by atoms with Gasteiger partial charge in [0.2, 0.25) is 19.4 Å². The van der Waals surface area contributed by atoms with Crippen LogP contribution in [-0.2, 0) is 23.9 Å². The molecule has 2 aliphatic heterocycles. The number of carbonyl (C=O) groups excluding carboxylic acids is 4. The molecule has 9 nitrogen and oxygen atoms in total. The van der Waals surface area contributed by atoms with Crippen molar-refractivity contribution in [2.24, 2.45) is 0 Å². The van der Waals surface area contributed by atoms with E-state index in [0.29, 0.717) is 5.69 Å². The molecule has 16 heteroatoms. The van der Waals surface area contributed by atoms with E-state index < -0.39 is 73.4 Å². The highest BCUT2D eigenvalue weighted by molar-refractivity contribution is 8.01. The van der Waals surface area contributed by atoms with Crippen molar-refractivity contribution in [3.8, 4) is 0 Å². The van der Waals surface area contributed by atoms with Crippen molar-refractivity contribution in [2.75, 3.05) is 24.7 Å². The molecule has 37 heavy (non-hydrogen) atoms. The van der Waals surface area contributed by atoms with Crippen molar-refractivity contribution < 1.29 is 28.7 Å². The summed E-state index contributed by atoms with van der Waals surface area (Å²) in [5.74, 6) is -1.86. The number of hydrogen-bond donors (Lipinski definition) is 1. The molecule has 0 bridgehead atoms. The molecule has 1 aromatic carbocycles. The molecule has 2 aliphatic rings. The number of benzene rings is 1. The standard InChI is InChI=1S/C21H21Cl6N3O6S/c1-19(2)14(17(33)35-9-20(22,23)24)30-15(32)13(16(30)37-19)28-12(31)8-29(11-6-4-3-5-7-11)18(34)36-10-21(25,26)27/h3-7,13-14,16H,8-10H2,1-2H3,(H,28,31)/t13?,14?,16-/m0/s1. The summed E-state index contributed by atoms with van der Waals surface area (Å²) in [7, 11) is 0.